The average Bonchev–Trinajstić information content (AvgIpc) is 2.52. The normalized spacial score (nSPS) is 21.5. The highest BCUT2D eigenvalue weighted by molar-refractivity contribution is 5.85. The molecule has 2 aromatic carbocycles. The van der Waals surface area contributed by atoms with Gasteiger partial charge >= 0.3 is 0 Å². The molecule has 1 heterocycles. The zero-order valence-corrected chi connectivity index (χ0v) is 12.9. The van der Waals surface area contributed by atoms with Crippen LogP contribution in [-0.4, -0.2) is 50.8 Å². The van der Waals surface area contributed by atoms with Gasteiger partial charge in [-0.15, -0.1) is 0 Å². The molecule has 2 aromatic rings. The van der Waals surface area contributed by atoms with Crippen LogP contribution in [-0.2, 0) is 11.2 Å². The third-order valence-corrected chi connectivity index (χ3v) is 4.44. The van der Waals surface area contributed by atoms with E-state index in [-0.39, 0.29) is 6.10 Å². The maximum absolute atomic E-state index is 5.98. The molecular weight excluding hydrogens is 260 g/mol. The first-order chi connectivity index (χ1) is 10.3. The van der Waals surface area contributed by atoms with Gasteiger partial charge in [0.1, 0.15) is 0 Å². The number of morpholine rings is 1. The molecule has 0 amide bonds. The number of hydrogen-bond acceptors (Lipinski definition) is 3. The van der Waals surface area contributed by atoms with Crippen LogP contribution < -0.4 is 5.32 Å². The topological polar surface area (TPSA) is 24.5 Å². The predicted molar refractivity (Wildman–Crippen MR) is 87.7 cm³/mol. The smallest absolute Gasteiger partial charge is 0.0858 e. The first-order valence-electron chi connectivity index (χ1n) is 7.72. The molecule has 112 valence electrons. The van der Waals surface area contributed by atoms with Crippen molar-refractivity contribution in [2.24, 2.45) is 0 Å². The molecule has 2 atom stereocenters. The number of rotatable bonds is 4. The highest BCUT2D eigenvalue weighted by Crippen LogP contribution is 2.21. The fourth-order valence-electron chi connectivity index (χ4n) is 3.18. The molecular formula is C18H24N2O. The largest absolute Gasteiger partial charge is 0.374 e. The lowest BCUT2D eigenvalue weighted by Gasteiger charge is -2.35. The summed E-state index contributed by atoms with van der Waals surface area (Å²) in [6.07, 6.45) is 1.25. The van der Waals surface area contributed by atoms with Crippen LogP contribution in [0.25, 0.3) is 10.8 Å². The monoisotopic (exact) mass is 284 g/mol. The van der Waals surface area contributed by atoms with E-state index in [9.17, 15) is 0 Å². The highest BCUT2D eigenvalue weighted by Gasteiger charge is 2.26. The van der Waals surface area contributed by atoms with Crippen LogP contribution in [0.1, 0.15) is 5.56 Å². The lowest BCUT2D eigenvalue weighted by atomic mass is 9.95. The Morgan fingerprint density at radius 3 is 2.86 bits per heavy atom. The molecule has 1 fully saturated rings. The van der Waals surface area contributed by atoms with E-state index in [0.29, 0.717) is 6.04 Å². The Labute approximate surface area is 126 Å². The summed E-state index contributed by atoms with van der Waals surface area (Å²) in [5, 5.41) is 6.12. The molecule has 0 radical (unpaired) electrons. The number of ether oxygens (including phenoxy) is 1. The van der Waals surface area contributed by atoms with Gasteiger partial charge in [0.15, 0.2) is 0 Å². The number of nitrogens with zero attached hydrogens (tertiary/aromatic N) is 1. The lowest BCUT2D eigenvalue weighted by molar-refractivity contribution is -0.0371. The number of nitrogens with one attached hydrogen (secondary N) is 1. The minimum Gasteiger partial charge on any atom is -0.374 e. The van der Waals surface area contributed by atoms with Gasteiger partial charge in [-0.1, -0.05) is 42.5 Å². The second-order valence-corrected chi connectivity index (χ2v) is 5.91. The molecule has 3 rings (SSSR count). The fourth-order valence-corrected chi connectivity index (χ4v) is 3.18. The van der Waals surface area contributed by atoms with Crippen molar-refractivity contribution in [2.75, 3.05) is 33.8 Å². The second-order valence-electron chi connectivity index (χ2n) is 5.91. The molecule has 0 spiro atoms. The van der Waals surface area contributed by atoms with E-state index in [1.165, 1.54) is 16.3 Å². The molecule has 21 heavy (non-hydrogen) atoms. The fraction of sp³-hybridized carbons (Fsp3) is 0.444. The van der Waals surface area contributed by atoms with Crippen molar-refractivity contribution < 1.29 is 4.74 Å². The Morgan fingerprint density at radius 1 is 1.24 bits per heavy atom. The second kappa shape index (κ2) is 6.56. The maximum Gasteiger partial charge on any atom is 0.0858 e. The first kappa shape index (κ1) is 14.5. The van der Waals surface area contributed by atoms with Gasteiger partial charge in [0.2, 0.25) is 0 Å². The van der Waals surface area contributed by atoms with Gasteiger partial charge in [-0.05, 0) is 36.9 Å². The molecule has 0 saturated carbocycles. The summed E-state index contributed by atoms with van der Waals surface area (Å²) < 4.78 is 5.98. The Hall–Kier alpha value is -1.42. The van der Waals surface area contributed by atoms with Crippen LogP contribution >= 0.6 is 0 Å². The summed E-state index contributed by atoms with van der Waals surface area (Å²) >= 11 is 0. The Morgan fingerprint density at radius 2 is 2.05 bits per heavy atom. The van der Waals surface area contributed by atoms with E-state index in [2.05, 4.69) is 59.7 Å². The Bertz CT molecular complexity index is 593. The minimum absolute atomic E-state index is 0.257. The first-order valence-corrected chi connectivity index (χ1v) is 7.72. The quantitative estimate of drug-likeness (QED) is 0.932. The number of fused-ring (bicyclic) bond motifs is 1. The zero-order chi connectivity index (χ0) is 14.7. The van der Waals surface area contributed by atoms with Crippen molar-refractivity contribution in [1.29, 1.82) is 0 Å². The van der Waals surface area contributed by atoms with Gasteiger partial charge in [0.05, 0.1) is 12.7 Å². The molecule has 1 aliphatic rings. The van der Waals surface area contributed by atoms with Gasteiger partial charge < -0.3 is 15.0 Å². The van der Waals surface area contributed by atoms with Gasteiger partial charge in [0.25, 0.3) is 0 Å². The van der Waals surface area contributed by atoms with E-state index in [1.807, 2.05) is 7.05 Å². The summed E-state index contributed by atoms with van der Waals surface area (Å²) in [6, 6.07) is 15.5. The highest BCUT2D eigenvalue weighted by atomic mass is 16.5. The standard InChI is InChI=1S/C18H24N2O/c1-19-17(18-13-20(2)10-11-21-18)12-15-8-5-7-14-6-3-4-9-16(14)15/h3-9,17-19H,10-13H2,1-2H3. The summed E-state index contributed by atoms with van der Waals surface area (Å²) in [6.45, 7) is 2.85. The van der Waals surface area contributed by atoms with Gasteiger partial charge in [-0.3, -0.25) is 0 Å². The van der Waals surface area contributed by atoms with E-state index in [0.717, 1.165) is 26.1 Å². The van der Waals surface area contributed by atoms with Crippen LogP contribution in [0.2, 0.25) is 0 Å². The molecule has 0 bridgehead atoms. The Kier molecular flexibility index (Phi) is 4.54. The van der Waals surface area contributed by atoms with Crippen LogP contribution in [0.4, 0.5) is 0 Å². The molecule has 1 aliphatic heterocycles. The summed E-state index contributed by atoms with van der Waals surface area (Å²) in [5.41, 5.74) is 1.39. The minimum atomic E-state index is 0.257. The van der Waals surface area contributed by atoms with E-state index < -0.39 is 0 Å². The van der Waals surface area contributed by atoms with Gasteiger partial charge in [-0.25, -0.2) is 0 Å². The van der Waals surface area contributed by atoms with Crippen LogP contribution in [0, 0.1) is 0 Å². The summed E-state index contributed by atoms with van der Waals surface area (Å²) in [5.74, 6) is 0. The van der Waals surface area contributed by atoms with E-state index in [1.54, 1.807) is 0 Å². The third-order valence-electron chi connectivity index (χ3n) is 4.44. The Balaban J connectivity index is 1.82. The van der Waals surface area contributed by atoms with Crippen LogP contribution in [0.15, 0.2) is 42.5 Å². The SMILES string of the molecule is CNC(Cc1cccc2ccccc12)C1CN(C)CCO1. The average molecular weight is 284 g/mol. The molecule has 0 aromatic heterocycles. The molecule has 0 aliphatic carbocycles. The number of likely N-dealkylation sites (N-methyl/N-ethyl adjacent to an activating group) is 2. The van der Waals surface area contributed by atoms with Crippen molar-refractivity contribution >= 4 is 10.8 Å². The molecule has 1 N–H and O–H groups in total. The van der Waals surface area contributed by atoms with Gasteiger partial charge in [0, 0.05) is 19.1 Å². The lowest BCUT2D eigenvalue weighted by Crippen LogP contribution is -2.51. The van der Waals surface area contributed by atoms with Gasteiger partial charge in [-0.2, -0.15) is 0 Å². The van der Waals surface area contributed by atoms with Crippen molar-refractivity contribution in [1.82, 2.24) is 10.2 Å². The predicted octanol–water partition coefficient (Wildman–Crippen LogP) is 2.30. The molecule has 3 heteroatoms. The number of hydrogen-bond donors (Lipinski definition) is 1. The molecule has 1 saturated heterocycles. The van der Waals surface area contributed by atoms with E-state index >= 15 is 0 Å². The molecule has 2 unspecified atom stereocenters. The maximum atomic E-state index is 5.98. The van der Waals surface area contributed by atoms with Crippen molar-refractivity contribution in [3.63, 3.8) is 0 Å². The number of benzene rings is 2. The van der Waals surface area contributed by atoms with Crippen LogP contribution in [0.5, 0.6) is 0 Å². The third kappa shape index (κ3) is 3.26. The van der Waals surface area contributed by atoms with Crippen molar-refractivity contribution in [2.45, 2.75) is 18.6 Å². The van der Waals surface area contributed by atoms with Crippen LogP contribution in [0.3, 0.4) is 0 Å². The molecule has 3 nitrogen and oxygen atoms in total. The van der Waals surface area contributed by atoms with Crippen molar-refractivity contribution in [3.05, 3.63) is 48.0 Å². The summed E-state index contributed by atoms with van der Waals surface area (Å²) in [4.78, 5) is 2.35. The van der Waals surface area contributed by atoms with E-state index in [4.69, 9.17) is 4.74 Å². The summed E-state index contributed by atoms with van der Waals surface area (Å²) in [7, 11) is 4.20. The zero-order valence-electron chi connectivity index (χ0n) is 12.9. The van der Waals surface area contributed by atoms with Crippen molar-refractivity contribution in [3.8, 4) is 0 Å².